The van der Waals surface area contributed by atoms with Gasteiger partial charge in [-0.2, -0.15) is 0 Å². The molecule has 3 nitrogen and oxygen atoms in total. The first-order valence-corrected chi connectivity index (χ1v) is 10.2. The van der Waals surface area contributed by atoms with Crippen molar-refractivity contribution in [3.8, 4) is 0 Å². The summed E-state index contributed by atoms with van der Waals surface area (Å²) in [6.07, 6.45) is 14.8. The summed E-state index contributed by atoms with van der Waals surface area (Å²) in [7, 11) is 0. The molecule has 25 heavy (non-hydrogen) atoms. The fraction of sp³-hybridized carbons (Fsp3) is 0.682. The van der Waals surface area contributed by atoms with Crippen molar-refractivity contribution in [2.24, 2.45) is 5.73 Å². The molecule has 0 saturated carbocycles. The predicted molar refractivity (Wildman–Crippen MR) is 106 cm³/mol. The molecule has 0 aliphatic carbocycles. The molecule has 3 heteroatoms. The lowest BCUT2D eigenvalue weighted by Crippen LogP contribution is -2.34. The summed E-state index contributed by atoms with van der Waals surface area (Å²) in [5.74, 6) is -0.282. The molecule has 0 spiro atoms. The van der Waals surface area contributed by atoms with E-state index in [0.29, 0.717) is 13.0 Å². The SMILES string of the molecule is CCCCCCCCCCCCCOC(=O)C(N)Cc1ccccc1. The van der Waals surface area contributed by atoms with Gasteiger partial charge in [0.15, 0.2) is 0 Å². The van der Waals surface area contributed by atoms with E-state index in [4.69, 9.17) is 10.5 Å². The van der Waals surface area contributed by atoms with Gasteiger partial charge in [0.2, 0.25) is 0 Å². The van der Waals surface area contributed by atoms with Crippen LogP contribution in [0.3, 0.4) is 0 Å². The average Bonchev–Trinajstić information content (AvgIpc) is 2.63. The Hall–Kier alpha value is -1.35. The van der Waals surface area contributed by atoms with E-state index in [-0.39, 0.29) is 5.97 Å². The highest BCUT2D eigenvalue weighted by Gasteiger charge is 2.15. The number of benzene rings is 1. The fourth-order valence-corrected chi connectivity index (χ4v) is 3.00. The normalized spacial score (nSPS) is 12.1. The van der Waals surface area contributed by atoms with E-state index in [9.17, 15) is 4.79 Å². The molecule has 0 heterocycles. The van der Waals surface area contributed by atoms with Crippen molar-refractivity contribution in [1.29, 1.82) is 0 Å². The number of nitrogens with two attached hydrogens (primary N) is 1. The van der Waals surface area contributed by atoms with E-state index in [1.54, 1.807) is 0 Å². The van der Waals surface area contributed by atoms with Crippen LogP contribution in [0.25, 0.3) is 0 Å². The number of esters is 1. The van der Waals surface area contributed by atoms with Crippen molar-refractivity contribution in [2.45, 2.75) is 90.0 Å². The summed E-state index contributed by atoms with van der Waals surface area (Å²) in [5.41, 5.74) is 6.98. The molecule has 0 bridgehead atoms. The van der Waals surface area contributed by atoms with Gasteiger partial charge in [0, 0.05) is 0 Å². The maximum atomic E-state index is 11.9. The Morgan fingerprint density at radius 2 is 1.40 bits per heavy atom. The smallest absolute Gasteiger partial charge is 0.323 e. The van der Waals surface area contributed by atoms with Crippen LogP contribution in [0.2, 0.25) is 0 Å². The molecule has 0 aliphatic heterocycles. The van der Waals surface area contributed by atoms with Crippen LogP contribution in [-0.2, 0) is 16.0 Å². The first-order valence-electron chi connectivity index (χ1n) is 10.2. The van der Waals surface area contributed by atoms with Crippen LogP contribution < -0.4 is 5.73 Å². The van der Waals surface area contributed by atoms with Crippen molar-refractivity contribution in [3.63, 3.8) is 0 Å². The highest BCUT2D eigenvalue weighted by atomic mass is 16.5. The van der Waals surface area contributed by atoms with Gasteiger partial charge in [-0.3, -0.25) is 4.79 Å². The van der Waals surface area contributed by atoms with Crippen LogP contribution in [0.15, 0.2) is 30.3 Å². The molecule has 1 aromatic rings. The second kappa shape index (κ2) is 14.9. The lowest BCUT2D eigenvalue weighted by Gasteiger charge is -2.11. The molecule has 0 radical (unpaired) electrons. The van der Waals surface area contributed by atoms with E-state index in [0.717, 1.165) is 18.4 Å². The zero-order valence-electron chi connectivity index (χ0n) is 16.1. The summed E-state index contributed by atoms with van der Waals surface area (Å²) in [4.78, 5) is 11.9. The quantitative estimate of drug-likeness (QED) is 0.341. The van der Waals surface area contributed by atoms with Crippen molar-refractivity contribution >= 4 is 5.97 Å². The Kier molecular flexibility index (Phi) is 13.0. The van der Waals surface area contributed by atoms with Gasteiger partial charge in [0.1, 0.15) is 6.04 Å². The van der Waals surface area contributed by atoms with Crippen LogP contribution in [0, 0.1) is 0 Å². The van der Waals surface area contributed by atoms with E-state index >= 15 is 0 Å². The van der Waals surface area contributed by atoms with Crippen LogP contribution in [0.4, 0.5) is 0 Å². The molecule has 0 aromatic heterocycles. The largest absolute Gasteiger partial charge is 0.465 e. The van der Waals surface area contributed by atoms with Gasteiger partial charge in [-0.1, -0.05) is 101 Å². The molecule has 0 saturated heterocycles. The maximum Gasteiger partial charge on any atom is 0.323 e. The Morgan fingerprint density at radius 3 is 1.96 bits per heavy atom. The van der Waals surface area contributed by atoms with Gasteiger partial charge >= 0.3 is 5.97 Å². The lowest BCUT2D eigenvalue weighted by molar-refractivity contribution is -0.145. The Bertz CT molecular complexity index is 433. The summed E-state index contributed by atoms with van der Waals surface area (Å²) in [5, 5.41) is 0. The second-order valence-electron chi connectivity index (χ2n) is 7.00. The predicted octanol–water partition coefficient (Wildman–Crippen LogP) is 5.41. The lowest BCUT2D eigenvalue weighted by atomic mass is 10.1. The van der Waals surface area contributed by atoms with Crippen LogP contribution in [0.5, 0.6) is 0 Å². The molecule has 1 aromatic carbocycles. The third kappa shape index (κ3) is 11.8. The number of ether oxygens (including phenoxy) is 1. The summed E-state index contributed by atoms with van der Waals surface area (Å²) >= 11 is 0. The molecule has 1 atom stereocenters. The maximum absolute atomic E-state index is 11.9. The number of unbranched alkanes of at least 4 members (excludes halogenated alkanes) is 10. The number of carbonyl (C=O) groups excluding carboxylic acids is 1. The molecule has 0 aliphatic rings. The van der Waals surface area contributed by atoms with Gasteiger partial charge in [0.05, 0.1) is 6.61 Å². The highest BCUT2D eigenvalue weighted by Crippen LogP contribution is 2.11. The van der Waals surface area contributed by atoms with Gasteiger partial charge < -0.3 is 10.5 Å². The van der Waals surface area contributed by atoms with E-state index in [1.165, 1.54) is 57.8 Å². The van der Waals surface area contributed by atoms with Crippen LogP contribution >= 0.6 is 0 Å². The number of hydrogen-bond acceptors (Lipinski definition) is 3. The monoisotopic (exact) mass is 347 g/mol. The molecule has 1 unspecified atom stereocenters. The fourth-order valence-electron chi connectivity index (χ4n) is 3.00. The summed E-state index contributed by atoms with van der Waals surface area (Å²) < 4.78 is 5.29. The van der Waals surface area contributed by atoms with E-state index < -0.39 is 6.04 Å². The van der Waals surface area contributed by atoms with Crippen LogP contribution in [-0.4, -0.2) is 18.6 Å². The van der Waals surface area contributed by atoms with Crippen molar-refractivity contribution in [3.05, 3.63) is 35.9 Å². The second-order valence-corrected chi connectivity index (χ2v) is 7.00. The highest BCUT2D eigenvalue weighted by molar-refractivity contribution is 5.75. The molecule has 2 N–H and O–H groups in total. The van der Waals surface area contributed by atoms with E-state index in [2.05, 4.69) is 6.92 Å². The third-order valence-electron chi connectivity index (χ3n) is 4.59. The minimum atomic E-state index is -0.560. The summed E-state index contributed by atoms with van der Waals surface area (Å²) in [6, 6.07) is 9.28. The van der Waals surface area contributed by atoms with Gasteiger partial charge in [-0.05, 0) is 18.4 Å². The zero-order valence-corrected chi connectivity index (χ0v) is 16.1. The number of carbonyl (C=O) groups is 1. The minimum absolute atomic E-state index is 0.282. The van der Waals surface area contributed by atoms with Crippen molar-refractivity contribution in [1.82, 2.24) is 0 Å². The zero-order chi connectivity index (χ0) is 18.2. The number of hydrogen-bond donors (Lipinski definition) is 1. The van der Waals surface area contributed by atoms with Gasteiger partial charge in [0.25, 0.3) is 0 Å². The number of rotatable bonds is 15. The van der Waals surface area contributed by atoms with Crippen LogP contribution in [0.1, 0.15) is 83.1 Å². The average molecular weight is 348 g/mol. The Balaban J connectivity index is 1.91. The van der Waals surface area contributed by atoms with Gasteiger partial charge in [-0.15, -0.1) is 0 Å². The Morgan fingerprint density at radius 1 is 0.880 bits per heavy atom. The van der Waals surface area contributed by atoms with Crippen molar-refractivity contribution in [2.75, 3.05) is 6.61 Å². The first kappa shape index (κ1) is 21.7. The topological polar surface area (TPSA) is 52.3 Å². The molecule has 0 amide bonds. The standard InChI is InChI=1S/C22H37NO2/c1-2-3-4-5-6-7-8-9-10-11-15-18-25-22(24)21(23)19-20-16-13-12-14-17-20/h12-14,16-17,21H,2-11,15,18-19,23H2,1H3. The molecular weight excluding hydrogens is 310 g/mol. The van der Waals surface area contributed by atoms with Gasteiger partial charge in [-0.25, -0.2) is 0 Å². The minimum Gasteiger partial charge on any atom is -0.465 e. The molecule has 0 fully saturated rings. The molecule has 1 rings (SSSR count). The van der Waals surface area contributed by atoms with E-state index in [1.807, 2.05) is 30.3 Å². The third-order valence-corrected chi connectivity index (χ3v) is 4.59. The first-order chi connectivity index (χ1) is 12.2. The molecule has 142 valence electrons. The summed E-state index contributed by atoms with van der Waals surface area (Å²) in [6.45, 7) is 2.76. The van der Waals surface area contributed by atoms with Crippen molar-refractivity contribution < 1.29 is 9.53 Å². The Labute approximate surface area is 154 Å². The molecular formula is C22H37NO2.